The summed E-state index contributed by atoms with van der Waals surface area (Å²) in [5.74, 6) is 0. The Labute approximate surface area is 109 Å². The summed E-state index contributed by atoms with van der Waals surface area (Å²) in [5.41, 5.74) is 5.82. The minimum atomic E-state index is 0.986. The van der Waals surface area contributed by atoms with Gasteiger partial charge in [-0.25, -0.2) is 5.43 Å². The number of unbranched alkanes of at least 4 members (excludes halogenated alkanes) is 1. The van der Waals surface area contributed by atoms with Gasteiger partial charge in [0.2, 0.25) is 0 Å². The van der Waals surface area contributed by atoms with Gasteiger partial charge in [0.25, 0.3) is 0 Å². The van der Waals surface area contributed by atoms with Crippen molar-refractivity contribution in [2.45, 2.75) is 19.8 Å². The Kier molecular flexibility index (Phi) is 4.79. The van der Waals surface area contributed by atoms with Gasteiger partial charge in [-0.05, 0) is 30.7 Å². The Morgan fingerprint density at radius 1 is 0.833 bits per heavy atom. The van der Waals surface area contributed by atoms with E-state index in [9.17, 15) is 0 Å². The molecule has 0 atom stereocenters. The van der Waals surface area contributed by atoms with Gasteiger partial charge >= 0.3 is 0 Å². The highest BCUT2D eigenvalue weighted by atomic mass is 15.5. The molecule has 0 amide bonds. The van der Waals surface area contributed by atoms with E-state index in [-0.39, 0.29) is 0 Å². The van der Waals surface area contributed by atoms with Crippen LogP contribution in [0.4, 0.5) is 11.4 Å². The van der Waals surface area contributed by atoms with Gasteiger partial charge in [-0.2, -0.15) is 0 Å². The number of hydrogen-bond donors (Lipinski definition) is 1. The number of hydrazine groups is 1. The number of rotatable bonds is 6. The van der Waals surface area contributed by atoms with Crippen LogP contribution in [0.5, 0.6) is 0 Å². The number of anilines is 2. The van der Waals surface area contributed by atoms with Crippen LogP contribution in [0.2, 0.25) is 0 Å². The van der Waals surface area contributed by atoms with Crippen molar-refractivity contribution in [3.8, 4) is 0 Å². The molecule has 0 aliphatic heterocycles. The second kappa shape index (κ2) is 6.82. The van der Waals surface area contributed by atoms with Crippen molar-refractivity contribution in [2.24, 2.45) is 0 Å². The number of hydrogen-bond acceptors (Lipinski definition) is 2. The van der Waals surface area contributed by atoms with Crippen molar-refractivity contribution < 1.29 is 0 Å². The van der Waals surface area contributed by atoms with E-state index < -0.39 is 0 Å². The summed E-state index contributed by atoms with van der Waals surface area (Å²) in [7, 11) is 0. The third-order valence-electron chi connectivity index (χ3n) is 2.83. The highest BCUT2D eigenvalue weighted by molar-refractivity contribution is 5.61. The molecule has 2 aromatic rings. The lowest BCUT2D eigenvalue weighted by molar-refractivity contribution is 0.651. The van der Waals surface area contributed by atoms with Gasteiger partial charge in [-0.3, -0.25) is 5.01 Å². The zero-order valence-electron chi connectivity index (χ0n) is 10.8. The van der Waals surface area contributed by atoms with Crippen LogP contribution in [0.25, 0.3) is 0 Å². The largest absolute Gasteiger partial charge is 0.277 e. The predicted octanol–water partition coefficient (Wildman–Crippen LogP) is 4.13. The van der Waals surface area contributed by atoms with Gasteiger partial charge in [0.1, 0.15) is 0 Å². The topological polar surface area (TPSA) is 15.3 Å². The van der Waals surface area contributed by atoms with Crippen LogP contribution in [-0.2, 0) is 0 Å². The Morgan fingerprint density at radius 3 is 1.78 bits per heavy atom. The summed E-state index contributed by atoms with van der Waals surface area (Å²) in [6, 6.07) is 20.8. The van der Waals surface area contributed by atoms with Crippen LogP contribution in [-0.4, -0.2) is 6.54 Å². The molecule has 0 fully saturated rings. The van der Waals surface area contributed by atoms with Crippen molar-refractivity contribution in [3.05, 3.63) is 60.7 Å². The number of benzene rings is 2. The molecule has 2 aromatic carbocycles. The van der Waals surface area contributed by atoms with E-state index in [1.54, 1.807) is 0 Å². The average Bonchev–Trinajstić information content (AvgIpc) is 2.46. The third-order valence-corrected chi connectivity index (χ3v) is 2.83. The normalized spacial score (nSPS) is 10.3. The predicted molar refractivity (Wildman–Crippen MR) is 77.9 cm³/mol. The molecular formula is C16H20N2. The summed E-state index contributed by atoms with van der Waals surface area (Å²) in [6.07, 6.45) is 2.38. The van der Waals surface area contributed by atoms with Crippen LogP contribution < -0.4 is 10.4 Å². The third kappa shape index (κ3) is 3.34. The average molecular weight is 240 g/mol. The standard InChI is InChI=1S/C16H20N2/c1-2-3-14-17-18(15-10-6-4-7-11-15)16-12-8-5-9-13-16/h4-13,17H,2-3,14H2,1H3. The molecule has 1 N–H and O–H groups in total. The van der Waals surface area contributed by atoms with E-state index in [1.165, 1.54) is 24.2 Å². The second-order valence-corrected chi connectivity index (χ2v) is 4.27. The number of nitrogens with one attached hydrogen (secondary N) is 1. The maximum Gasteiger partial charge on any atom is 0.0577 e. The fourth-order valence-corrected chi connectivity index (χ4v) is 1.85. The van der Waals surface area contributed by atoms with Crippen molar-refractivity contribution >= 4 is 11.4 Å². The summed E-state index contributed by atoms with van der Waals surface area (Å²) in [4.78, 5) is 0. The quantitative estimate of drug-likeness (QED) is 0.603. The molecule has 94 valence electrons. The molecule has 2 nitrogen and oxygen atoms in total. The zero-order chi connectivity index (χ0) is 12.6. The Bertz CT molecular complexity index is 400. The van der Waals surface area contributed by atoms with Crippen molar-refractivity contribution in [1.29, 1.82) is 0 Å². The first kappa shape index (κ1) is 12.7. The molecule has 0 bridgehead atoms. The highest BCUT2D eigenvalue weighted by Crippen LogP contribution is 2.22. The lowest BCUT2D eigenvalue weighted by Gasteiger charge is -2.25. The fourth-order valence-electron chi connectivity index (χ4n) is 1.85. The first-order valence-electron chi connectivity index (χ1n) is 6.55. The summed E-state index contributed by atoms with van der Waals surface area (Å²) in [6.45, 7) is 3.19. The smallest absolute Gasteiger partial charge is 0.0577 e. The summed E-state index contributed by atoms with van der Waals surface area (Å²) in [5, 5.41) is 2.15. The molecule has 0 aliphatic rings. The molecule has 0 spiro atoms. The first-order chi connectivity index (χ1) is 8.92. The van der Waals surface area contributed by atoms with Gasteiger partial charge in [-0.1, -0.05) is 49.7 Å². The molecule has 18 heavy (non-hydrogen) atoms. The molecular weight excluding hydrogens is 220 g/mol. The molecule has 0 radical (unpaired) electrons. The van der Waals surface area contributed by atoms with Crippen molar-refractivity contribution in [3.63, 3.8) is 0 Å². The second-order valence-electron chi connectivity index (χ2n) is 4.27. The molecule has 0 unspecified atom stereocenters. The molecule has 0 aromatic heterocycles. The monoisotopic (exact) mass is 240 g/mol. The first-order valence-corrected chi connectivity index (χ1v) is 6.55. The lowest BCUT2D eigenvalue weighted by atomic mass is 10.2. The van der Waals surface area contributed by atoms with Gasteiger partial charge in [0.05, 0.1) is 11.4 Å². The maximum atomic E-state index is 3.49. The van der Waals surface area contributed by atoms with Crippen LogP contribution in [0.15, 0.2) is 60.7 Å². The highest BCUT2D eigenvalue weighted by Gasteiger charge is 2.06. The van der Waals surface area contributed by atoms with Gasteiger partial charge in [-0.15, -0.1) is 0 Å². The fraction of sp³-hybridized carbons (Fsp3) is 0.250. The molecule has 0 saturated carbocycles. The van der Waals surface area contributed by atoms with E-state index in [4.69, 9.17) is 0 Å². The Balaban J connectivity index is 2.18. The lowest BCUT2D eigenvalue weighted by Crippen LogP contribution is -2.34. The Morgan fingerprint density at radius 2 is 1.33 bits per heavy atom. The number of para-hydroxylation sites is 2. The Hall–Kier alpha value is -1.80. The molecule has 0 aliphatic carbocycles. The van der Waals surface area contributed by atoms with Crippen molar-refractivity contribution in [2.75, 3.05) is 11.6 Å². The zero-order valence-corrected chi connectivity index (χ0v) is 10.8. The van der Waals surface area contributed by atoms with E-state index in [0.717, 1.165) is 6.54 Å². The molecule has 0 heterocycles. The van der Waals surface area contributed by atoms with E-state index in [0.29, 0.717) is 0 Å². The summed E-state index contributed by atoms with van der Waals surface area (Å²) >= 11 is 0. The van der Waals surface area contributed by atoms with Crippen LogP contribution >= 0.6 is 0 Å². The van der Waals surface area contributed by atoms with E-state index in [2.05, 4.69) is 65.9 Å². The SMILES string of the molecule is CCCCNN(c1ccccc1)c1ccccc1. The summed E-state index contributed by atoms with van der Waals surface area (Å²) < 4.78 is 0. The van der Waals surface area contributed by atoms with E-state index in [1.807, 2.05) is 12.1 Å². The molecule has 0 saturated heterocycles. The molecule has 2 rings (SSSR count). The molecule has 2 heteroatoms. The van der Waals surface area contributed by atoms with Gasteiger partial charge < -0.3 is 0 Å². The van der Waals surface area contributed by atoms with Crippen molar-refractivity contribution in [1.82, 2.24) is 5.43 Å². The minimum absolute atomic E-state index is 0.986. The van der Waals surface area contributed by atoms with Crippen LogP contribution in [0.1, 0.15) is 19.8 Å². The number of nitrogens with zero attached hydrogens (tertiary/aromatic N) is 1. The van der Waals surface area contributed by atoms with Gasteiger partial charge in [0.15, 0.2) is 0 Å². The van der Waals surface area contributed by atoms with Crippen LogP contribution in [0, 0.1) is 0 Å². The maximum absolute atomic E-state index is 3.49. The minimum Gasteiger partial charge on any atom is -0.277 e. The van der Waals surface area contributed by atoms with Gasteiger partial charge in [0, 0.05) is 6.54 Å². The van der Waals surface area contributed by atoms with E-state index >= 15 is 0 Å². The van der Waals surface area contributed by atoms with Crippen LogP contribution in [0.3, 0.4) is 0 Å².